The predicted octanol–water partition coefficient (Wildman–Crippen LogP) is 4.96. The van der Waals surface area contributed by atoms with Crippen LogP contribution in [0.3, 0.4) is 0 Å². The second-order valence-corrected chi connectivity index (χ2v) is 8.69. The minimum Gasteiger partial charge on any atom is -0.299 e. The molecule has 0 bridgehead atoms. The molecule has 0 spiro atoms. The first kappa shape index (κ1) is 20.2. The van der Waals surface area contributed by atoms with E-state index in [1.807, 2.05) is 31.2 Å². The average Bonchev–Trinajstić information content (AvgIpc) is 2.69. The summed E-state index contributed by atoms with van der Waals surface area (Å²) in [5, 5.41) is 4.28. The van der Waals surface area contributed by atoms with Crippen molar-refractivity contribution in [3.05, 3.63) is 68.6 Å². The number of carbonyl (C=O) groups is 1. The predicted molar refractivity (Wildman–Crippen MR) is 117 cm³/mol. The molecule has 0 aromatic heterocycles. The monoisotopic (exact) mass is 491 g/mol. The first-order chi connectivity index (χ1) is 13.0. The van der Waals surface area contributed by atoms with Crippen molar-refractivity contribution in [2.24, 2.45) is 11.0 Å². The van der Waals surface area contributed by atoms with E-state index in [1.165, 1.54) is 5.56 Å². The molecule has 1 amide bonds. The van der Waals surface area contributed by atoms with Gasteiger partial charge in [0.1, 0.15) is 0 Å². The number of carbonyl (C=O) groups excluding carboxylic acids is 1. The Morgan fingerprint density at radius 1 is 1.04 bits per heavy atom. The average molecular weight is 493 g/mol. The smallest absolute Gasteiger partial charge is 0.243 e. The minimum atomic E-state index is 0.0229. The Balaban J connectivity index is 1.47. The number of nitrogens with zero attached hydrogens (tertiary/aromatic N) is 2. The normalized spacial score (nSPS) is 16.3. The number of nitrogens with one attached hydrogen (secondary N) is 1. The van der Waals surface area contributed by atoms with Gasteiger partial charge in [0.15, 0.2) is 0 Å². The van der Waals surface area contributed by atoms with Crippen molar-refractivity contribution in [3.63, 3.8) is 0 Å². The van der Waals surface area contributed by atoms with E-state index in [0.717, 1.165) is 52.7 Å². The molecule has 2 aromatic carbocycles. The molecular weight excluding hydrogens is 470 g/mol. The van der Waals surface area contributed by atoms with Gasteiger partial charge in [-0.1, -0.05) is 56.1 Å². The van der Waals surface area contributed by atoms with Gasteiger partial charge in [-0.15, -0.1) is 0 Å². The van der Waals surface area contributed by atoms with Crippen LogP contribution in [0.2, 0.25) is 0 Å². The number of benzene rings is 2. The van der Waals surface area contributed by atoms with Gasteiger partial charge in [0, 0.05) is 21.4 Å². The van der Waals surface area contributed by atoms with Crippen LogP contribution in [0.25, 0.3) is 0 Å². The van der Waals surface area contributed by atoms with Crippen LogP contribution in [-0.4, -0.2) is 29.6 Å². The lowest BCUT2D eigenvalue weighted by atomic mass is 9.96. The fourth-order valence-electron chi connectivity index (χ4n) is 3.19. The number of hydrazone groups is 1. The van der Waals surface area contributed by atoms with E-state index in [-0.39, 0.29) is 11.8 Å². The molecule has 0 aliphatic carbocycles. The summed E-state index contributed by atoms with van der Waals surface area (Å²) >= 11 is 6.89. The molecule has 6 heteroatoms. The number of amides is 1. The van der Waals surface area contributed by atoms with E-state index < -0.39 is 0 Å². The lowest BCUT2D eigenvalue weighted by Gasteiger charge is -2.30. The van der Waals surface area contributed by atoms with Crippen molar-refractivity contribution in [3.8, 4) is 0 Å². The molecule has 1 saturated heterocycles. The van der Waals surface area contributed by atoms with Gasteiger partial charge in [0.2, 0.25) is 5.91 Å². The van der Waals surface area contributed by atoms with Crippen LogP contribution in [-0.2, 0) is 11.3 Å². The Bertz CT molecular complexity index is 795. The van der Waals surface area contributed by atoms with Crippen LogP contribution < -0.4 is 5.43 Å². The number of halogens is 2. The summed E-state index contributed by atoms with van der Waals surface area (Å²) < 4.78 is 2.12. The molecule has 1 aliphatic heterocycles. The summed E-state index contributed by atoms with van der Waals surface area (Å²) in [5.74, 6) is 0.0578. The SMILES string of the molecule is C/C(=N\NC(=O)C1CCN(Cc2ccc(Br)cc2)CC1)c1ccc(Br)cc1. The van der Waals surface area contributed by atoms with Gasteiger partial charge in [-0.2, -0.15) is 5.10 Å². The molecule has 0 radical (unpaired) electrons. The van der Waals surface area contributed by atoms with E-state index >= 15 is 0 Å². The van der Waals surface area contributed by atoms with Crippen LogP contribution in [0, 0.1) is 5.92 Å². The summed E-state index contributed by atoms with van der Waals surface area (Å²) in [7, 11) is 0. The van der Waals surface area contributed by atoms with Crippen LogP contribution in [0.4, 0.5) is 0 Å². The molecule has 27 heavy (non-hydrogen) atoms. The number of piperidine rings is 1. The third-order valence-corrected chi connectivity index (χ3v) is 5.93. The number of hydrogen-bond donors (Lipinski definition) is 1. The topological polar surface area (TPSA) is 44.7 Å². The Labute approximate surface area is 177 Å². The molecule has 1 aliphatic rings. The highest BCUT2D eigenvalue weighted by atomic mass is 79.9. The van der Waals surface area contributed by atoms with E-state index in [9.17, 15) is 4.79 Å². The molecule has 0 atom stereocenters. The van der Waals surface area contributed by atoms with Gasteiger partial charge in [-0.05, 0) is 68.2 Å². The molecule has 1 fully saturated rings. The maximum absolute atomic E-state index is 12.4. The Morgan fingerprint density at radius 2 is 1.59 bits per heavy atom. The van der Waals surface area contributed by atoms with Crippen LogP contribution in [0.5, 0.6) is 0 Å². The molecule has 1 N–H and O–H groups in total. The molecule has 1 heterocycles. The molecule has 142 valence electrons. The van der Waals surface area contributed by atoms with Crippen molar-refractivity contribution in [1.29, 1.82) is 0 Å². The summed E-state index contributed by atoms with van der Waals surface area (Å²) in [6, 6.07) is 16.3. The number of likely N-dealkylation sites (tertiary alicyclic amines) is 1. The third-order valence-electron chi connectivity index (χ3n) is 4.87. The third kappa shape index (κ3) is 5.99. The van der Waals surface area contributed by atoms with Crippen molar-refractivity contribution in [2.75, 3.05) is 13.1 Å². The molecule has 4 nitrogen and oxygen atoms in total. The fourth-order valence-corrected chi connectivity index (χ4v) is 3.72. The van der Waals surface area contributed by atoms with Crippen molar-refractivity contribution < 1.29 is 4.79 Å². The maximum Gasteiger partial charge on any atom is 0.243 e. The summed E-state index contributed by atoms with van der Waals surface area (Å²) in [6.07, 6.45) is 1.74. The van der Waals surface area contributed by atoms with Crippen molar-refractivity contribution >= 4 is 43.5 Å². The zero-order valence-corrected chi connectivity index (χ0v) is 18.5. The number of rotatable bonds is 5. The van der Waals surface area contributed by atoms with Gasteiger partial charge in [0.05, 0.1) is 5.71 Å². The number of hydrogen-bond acceptors (Lipinski definition) is 3. The second kappa shape index (κ2) is 9.62. The highest BCUT2D eigenvalue weighted by Crippen LogP contribution is 2.20. The lowest BCUT2D eigenvalue weighted by molar-refractivity contribution is -0.126. The molecule has 0 saturated carbocycles. The molecule has 3 rings (SSSR count). The maximum atomic E-state index is 12.4. The molecule has 2 aromatic rings. The standard InChI is InChI=1S/C21H23Br2N3O/c1-15(17-4-8-20(23)9-5-17)24-25-21(27)18-10-12-26(13-11-18)14-16-2-6-19(22)7-3-16/h2-9,18H,10-14H2,1H3,(H,25,27)/b24-15+. The van der Waals surface area contributed by atoms with Gasteiger partial charge < -0.3 is 0 Å². The van der Waals surface area contributed by atoms with E-state index in [0.29, 0.717) is 0 Å². The zero-order chi connectivity index (χ0) is 19.2. The Hall–Kier alpha value is -1.50. The highest BCUT2D eigenvalue weighted by molar-refractivity contribution is 9.10. The first-order valence-electron chi connectivity index (χ1n) is 9.08. The van der Waals surface area contributed by atoms with Gasteiger partial charge in [-0.25, -0.2) is 5.43 Å². The summed E-state index contributed by atoms with van der Waals surface area (Å²) in [5.41, 5.74) is 5.86. The van der Waals surface area contributed by atoms with E-state index in [1.54, 1.807) is 0 Å². The summed E-state index contributed by atoms with van der Waals surface area (Å²) in [4.78, 5) is 14.8. The fraction of sp³-hybridized carbons (Fsp3) is 0.333. The Morgan fingerprint density at radius 3 is 2.19 bits per heavy atom. The zero-order valence-electron chi connectivity index (χ0n) is 15.3. The second-order valence-electron chi connectivity index (χ2n) is 6.86. The van der Waals surface area contributed by atoms with Crippen molar-refractivity contribution in [2.45, 2.75) is 26.3 Å². The van der Waals surface area contributed by atoms with Gasteiger partial charge >= 0.3 is 0 Å². The summed E-state index contributed by atoms with van der Waals surface area (Å²) in [6.45, 7) is 4.71. The lowest BCUT2D eigenvalue weighted by Crippen LogP contribution is -2.39. The largest absolute Gasteiger partial charge is 0.299 e. The molecule has 0 unspecified atom stereocenters. The van der Waals surface area contributed by atoms with Crippen molar-refractivity contribution in [1.82, 2.24) is 10.3 Å². The van der Waals surface area contributed by atoms with Crippen LogP contribution >= 0.6 is 31.9 Å². The van der Waals surface area contributed by atoms with E-state index in [2.05, 4.69) is 71.6 Å². The minimum absolute atomic E-state index is 0.0229. The molecular formula is C21H23Br2N3O. The first-order valence-corrected chi connectivity index (χ1v) is 10.7. The van der Waals surface area contributed by atoms with E-state index in [4.69, 9.17) is 0 Å². The van der Waals surface area contributed by atoms with Gasteiger partial charge in [0.25, 0.3) is 0 Å². The van der Waals surface area contributed by atoms with Gasteiger partial charge in [-0.3, -0.25) is 9.69 Å². The highest BCUT2D eigenvalue weighted by Gasteiger charge is 2.24. The quantitative estimate of drug-likeness (QED) is 0.473. The van der Waals surface area contributed by atoms with Crippen LogP contribution in [0.15, 0.2) is 62.6 Å². The van der Waals surface area contributed by atoms with Crippen LogP contribution in [0.1, 0.15) is 30.9 Å². The Kier molecular flexibility index (Phi) is 7.21.